The highest BCUT2D eigenvalue weighted by atomic mass is 16.5. The van der Waals surface area contributed by atoms with Gasteiger partial charge < -0.3 is 4.74 Å². The molecule has 2 fully saturated rings. The van der Waals surface area contributed by atoms with Gasteiger partial charge in [-0.3, -0.25) is 14.7 Å². The number of methoxy groups -OCH3 is 1. The van der Waals surface area contributed by atoms with Crippen molar-refractivity contribution in [2.24, 2.45) is 11.3 Å². The summed E-state index contributed by atoms with van der Waals surface area (Å²) in [5.41, 5.74) is 1.02. The number of rotatable bonds is 3. The van der Waals surface area contributed by atoms with Crippen molar-refractivity contribution in [3.8, 4) is 0 Å². The monoisotopic (exact) mass is 260 g/mol. The third-order valence-corrected chi connectivity index (χ3v) is 4.69. The molecule has 0 N–H and O–H groups in total. The molecule has 0 bridgehead atoms. The Bertz CT molecular complexity index is 462. The molecule has 1 saturated heterocycles. The molecular weight excluding hydrogens is 240 g/mol. The first kappa shape index (κ1) is 12.6. The maximum atomic E-state index is 12.2. The normalized spacial score (nSPS) is 30.3. The summed E-state index contributed by atoms with van der Waals surface area (Å²) < 4.78 is 5.06. The van der Waals surface area contributed by atoms with Crippen LogP contribution in [0.1, 0.15) is 24.8 Å². The zero-order valence-electron chi connectivity index (χ0n) is 11.3. The lowest BCUT2D eigenvalue weighted by atomic mass is 9.81. The van der Waals surface area contributed by atoms with E-state index in [4.69, 9.17) is 4.74 Å². The summed E-state index contributed by atoms with van der Waals surface area (Å²) in [4.78, 5) is 18.6. The van der Waals surface area contributed by atoms with E-state index in [0.717, 1.165) is 38.9 Å². The van der Waals surface area contributed by atoms with Gasteiger partial charge in [-0.1, -0.05) is 6.42 Å². The molecule has 1 aromatic heterocycles. The number of esters is 1. The molecule has 2 heterocycles. The van der Waals surface area contributed by atoms with Crippen LogP contribution >= 0.6 is 0 Å². The van der Waals surface area contributed by atoms with Crippen molar-refractivity contribution in [3.63, 3.8) is 0 Å². The highest BCUT2D eigenvalue weighted by Crippen LogP contribution is 2.49. The summed E-state index contributed by atoms with van der Waals surface area (Å²) in [6, 6.07) is 4.08. The molecule has 1 saturated carbocycles. The van der Waals surface area contributed by atoms with Gasteiger partial charge >= 0.3 is 5.97 Å². The molecule has 2 aliphatic rings. The number of nitrogens with zero attached hydrogens (tertiary/aromatic N) is 2. The number of carbonyl (C=O) groups is 1. The largest absolute Gasteiger partial charge is 0.469 e. The van der Waals surface area contributed by atoms with Gasteiger partial charge in [-0.15, -0.1) is 0 Å². The van der Waals surface area contributed by atoms with E-state index in [9.17, 15) is 4.79 Å². The first-order valence-electron chi connectivity index (χ1n) is 6.94. The topological polar surface area (TPSA) is 42.4 Å². The predicted molar refractivity (Wildman–Crippen MR) is 71.3 cm³/mol. The van der Waals surface area contributed by atoms with Gasteiger partial charge in [0.1, 0.15) is 0 Å². The van der Waals surface area contributed by atoms with E-state index < -0.39 is 0 Å². The molecule has 102 valence electrons. The molecule has 4 heteroatoms. The molecule has 1 aliphatic heterocycles. The average Bonchev–Trinajstić information content (AvgIpc) is 2.96. The van der Waals surface area contributed by atoms with Gasteiger partial charge in [0.2, 0.25) is 0 Å². The molecule has 19 heavy (non-hydrogen) atoms. The molecular formula is C15H20N2O2. The van der Waals surface area contributed by atoms with Crippen molar-refractivity contribution in [1.82, 2.24) is 9.88 Å². The summed E-state index contributed by atoms with van der Waals surface area (Å²) in [5, 5.41) is 0. The van der Waals surface area contributed by atoms with Crippen LogP contribution in [0.2, 0.25) is 0 Å². The van der Waals surface area contributed by atoms with Crippen LogP contribution in [0.15, 0.2) is 24.5 Å². The van der Waals surface area contributed by atoms with Gasteiger partial charge in [0.05, 0.1) is 12.5 Å². The second kappa shape index (κ2) is 4.93. The smallest absolute Gasteiger partial charge is 0.313 e. The third-order valence-electron chi connectivity index (χ3n) is 4.69. The molecule has 0 spiro atoms. The van der Waals surface area contributed by atoms with Gasteiger partial charge in [0, 0.05) is 32.0 Å². The zero-order valence-corrected chi connectivity index (χ0v) is 11.3. The fourth-order valence-corrected chi connectivity index (χ4v) is 3.80. The molecule has 4 nitrogen and oxygen atoms in total. The molecule has 0 aromatic carbocycles. The number of aromatic nitrogens is 1. The Morgan fingerprint density at radius 1 is 1.53 bits per heavy atom. The summed E-state index contributed by atoms with van der Waals surface area (Å²) >= 11 is 0. The van der Waals surface area contributed by atoms with E-state index in [-0.39, 0.29) is 11.4 Å². The SMILES string of the molecule is COC(=O)[C@]12CCC[C@H]1CN(Cc1ccncc1)C2. The Morgan fingerprint density at radius 3 is 3.05 bits per heavy atom. The predicted octanol–water partition coefficient (Wildman–Crippen LogP) is 1.86. The van der Waals surface area contributed by atoms with Gasteiger partial charge in [-0.25, -0.2) is 0 Å². The minimum absolute atomic E-state index is 0.00720. The van der Waals surface area contributed by atoms with Crippen molar-refractivity contribution in [1.29, 1.82) is 0 Å². The number of pyridine rings is 1. The molecule has 0 radical (unpaired) electrons. The van der Waals surface area contributed by atoms with Gasteiger partial charge in [-0.05, 0) is 36.5 Å². The molecule has 0 unspecified atom stereocenters. The van der Waals surface area contributed by atoms with Crippen molar-refractivity contribution in [3.05, 3.63) is 30.1 Å². The fourth-order valence-electron chi connectivity index (χ4n) is 3.80. The quantitative estimate of drug-likeness (QED) is 0.778. The molecule has 3 rings (SSSR count). The summed E-state index contributed by atoms with van der Waals surface area (Å²) in [7, 11) is 1.51. The maximum Gasteiger partial charge on any atom is 0.313 e. The van der Waals surface area contributed by atoms with Crippen LogP contribution < -0.4 is 0 Å². The first-order chi connectivity index (χ1) is 9.24. The Hall–Kier alpha value is -1.42. The highest BCUT2D eigenvalue weighted by molar-refractivity contribution is 5.78. The molecule has 2 atom stereocenters. The molecule has 1 aliphatic carbocycles. The summed E-state index contributed by atoms with van der Waals surface area (Å²) in [5.74, 6) is 0.467. The van der Waals surface area contributed by atoms with Crippen LogP contribution in [0.3, 0.4) is 0 Å². The van der Waals surface area contributed by atoms with Crippen molar-refractivity contribution < 1.29 is 9.53 Å². The van der Waals surface area contributed by atoms with E-state index in [1.54, 1.807) is 0 Å². The van der Waals surface area contributed by atoms with Crippen LogP contribution in [0.25, 0.3) is 0 Å². The standard InChI is InChI=1S/C15H20N2O2/c1-19-14(18)15-6-2-3-13(15)10-17(11-15)9-12-4-7-16-8-5-12/h4-5,7-8,13H,2-3,6,9-11H2,1H3/t13-,15-/m0/s1. The Balaban J connectivity index is 1.73. The maximum absolute atomic E-state index is 12.2. The van der Waals surface area contributed by atoms with E-state index >= 15 is 0 Å². The highest BCUT2D eigenvalue weighted by Gasteiger charge is 2.55. The number of carbonyl (C=O) groups excluding carboxylic acids is 1. The van der Waals surface area contributed by atoms with Gasteiger partial charge in [-0.2, -0.15) is 0 Å². The van der Waals surface area contributed by atoms with Crippen LogP contribution in [0, 0.1) is 11.3 Å². The zero-order chi connectivity index (χ0) is 13.3. The first-order valence-corrected chi connectivity index (χ1v) is 6.94. The Kier molecular flexibility index (Phi) is 3.27. The van der Waals surface area contributed by atoms with Crippen LogP contribution in [0.5, 0.6) is 0 Å². The molecule has 1 aromatic rings. The third kappa shape index (κ3) is 2.14. The van der Waals surface area contributed by atoms with E-state index in [1.807, 2.05) is 24.5 Å². The lowest BCUT2D eigenvalue weighted by Gasteiger charge is -2.25. The minimum Gasteiger partial charge on any atom is -0.469 e. The van der Waals surface area contributed by atoms with Crippen LogP contribution in [-0.4, -0.2) is 36.1 Å². The van der Waals surface area contributed by atoms with Gasteiger partial charge in [0.25, 0.3) is 0 Å². The van der Waals surface area contributed by atoms with Crippen LogP contribution in [0.4, 0.5) is 0 Å². The Morgan fingerprint density at radius 2 is 2.32 bits per heavy atom. The van der Waals surface area contributed by atoms with E-state index in [0.29, 0.717) is 5.92 Å². The fraction of sp³-hybridized carbons (Fsp3) is 0.600. The number of ether oxygens (including phenoxy) is 1. The van der Waals surface area contributed by atoms with Crippen molar-refractivity contribution in [2.75, 3.05) is 20.2 Å². The number of likely N-dealkylation sites (tertiary alicyclic amines) is 1. The number of hydrogen-bond donors (Lipinski definition) is 0. The van der Waals surface area contributed by atoms with Crippen molar-refractivity contribution >= 4 is 5.97 Å². The Labute approximate surface area is 113 Å². The van der Waals surface area contributed by atoms with E-state index in [2.05, 4.69) is 9.88 Å². The van der Waals surface area contributed by atoms with E-state index in [1.165, 1.54) is 12.7 Å². The number of hydrogen-bond acceptors (Lipinski definition) is 4. The van der Waals surface area contributed by atoms with Gasteiger partial charge in [0.15, 0.2) is 0 Å². The molecule has 0 amide bonds. The second-order valence-corrected chi connectivity index (χ2v) is 5.76. The lowest BCUT2D eigenvalue weighted by molar-refractivity contribution is -0.153. The summed E-state index contributed by atoms with van der Waals surface area (Å²) in [6.07, 6.45) is 6.94. The summed E-state index contributed by atoms with van der Waals surface area (Å²) in [6.45, 7) is 2.75. The minimum atomic E-state index is -0.234. The average molecular weight is 260 g/mol. The number of fused-ring (bicyclic) bond motifs is 1. The lowest BCUT2D eigenvalue weighted by Crippen LogP contribution is -2.36. The van der Waals surface area contributed by atoms with Crippen LogP contribution in [-0.2, 0) is 16.1 Å². The van der Waals surface area contributed by atoms with Crippen molar-refractivity contribution in [2.45, 2.75) is 25.8 Å². The second-order valence-electron chi connectivity index (χ2n) is 5.76.